The molecule has 2 aromatic carbocycles. The number of amides is 1. The number of rotatable bonds is 3. The van der Waals surface area contributed by atoms with Crippen LogP contribution >= 0.6 is 0 Å². The van der Waals surface area contributed by atoms with Gasteiger partial charge < -0.3 is 4.74 Å². The number of nitrogens with zero attached hydrogens (tertiary/aromatic N) is 2. The van der Waals surface area contributed by atoms with Gasteiger partial charge in [0.15, 0.2) is 0 Å². The zero-order valence-corrected chi connectivity index (χ0v) is 16.3. The fourth-order valence-corrected chi connectivity index (χ4v) is 5.34. The van der Waals surface area contributed by atoms with E-state index in [9.17, 15) is 17.6 Å². The SMILES string of the molecule is Cc1ccc2c(c1)COC(=O)N2C1CCN(S(=O)(=O)c2cccc(F)c2)CC1. The number of carbonyl (C=O) groups excluding carboxylic acids is 1. The third-order valence-corrected chi connectivity index (χ3v) is 7.16. The first-order chi connectivity index (χ1) is 13.4. The van der Waals surface area contributed by atoms with Crippen molar-refractivity contribution >= 4 is 21.8 Å². The van der Waals surface area contributed by atoms with Gasteiger partial charge in [-0.1, -0.05) is 23.8 Å². The van der Waals surface area contributed by atoms with Crippen LogP contribution in [0.1, 0.15) is 24.0 Å². The lowest BCUT2D eigenvalue weighted by Gasteiger charge is -2.39. The van der Waals surface area contributed by atoms with Crippen molar-refractivity contribution in [3.63, 3.8) is 0 Å². The molecule has 1 saturated heterocycles. The van der Waals surface area contributed by atoms with Crippen LogP contribution in [0.3, 0.4) is 0 Å². The number of aryl methyl sites for hydroxylation is 1. The number of hydrogen-bond donors (Lipinski definition) is 0. The molecule has 1 amide bonds. The number of hydrogen-bond acceptors (Lipinski definition) is 4. The number of halogens is 1. The Balaban J connectivity index is 1.53. The number of anilines is 1. The molecule has 4 rings (SSSR count). The molecule has 28 heavy (non-hydrogen) atoms. The Bertz CT molecular complexity index is 1020. The van der Waals surface area contributed by atoms with Gasteiger partial charge in [0, 0.05) is 24.7 Å². The fourth-order valence-electron chi connectivity index (χ4n) is 3.84. The summed E-state index contributed by atoms with van der Waals surface area (Å²) >= 11 is 0. The molecule has 2 aliphatic heterocycles. The van der Waals surface area contributed by atoms with Gasteiger partial charge in [-0.2, -0.15) is 4.31 Å². The van der Waals surface area contributed by atoms with Crippen molar-refractivity contribution in [2.45, 2.75) is 37.3 Å². The lowest BCUT2D eigenvalue weighted by atomic mass is 10.0. The molecule has 0 N–H and O–H groups in total. The topological polar surface area (TPSA) is 66.9 Å². The number of sulfonamides is 1. The Morgan fingerprint density at radius 1 is 1.11 bits per heavy atom. The fraction of sp³-hybridized carbons (Fsp3) is 0.350. The summed E-state index contributed by atoms with van der Waals surface area (Å²) in [5.41, 5.74) is 2.87. The van der Waals surface area contributed by atoms with Crippen LogP contribution in [0.2, 0.25) is 0 Å². The maximum absolute atomic E-state index is 13.4. The van der Waals surface area contributed by atoms with Crippen LogP contribution in [0.5, 0.6) is 0 Å². The summed E-state index contributed by atoms with van der Waals surface area (Å²) in [4.78, 5) is 14.0. The molecular formula is C20H21FN2O4S. The van der Waals surface area contributed by atoms with Crippen LogP contribution < -0.4 is 4.90 Å². The normalized spacial score (nSPS) is 18.6. The van der Waals surface area contributed by atoms with E-state index >= 15 is 0 Å². The molecule has 8 heteroatoms. The van der Waals surface area contributed by atoms with Crippen molar-refractivity contribution in [2.75, 3.05) is 18.0 Å². The highest BCUT2D eigenvalue weighted by atomic mass is 32.2. The van der Waals surface area contributed by atoms with Gasteiger partial charge in [0.2, 0.25) is 10.0 Å². The van der Waals surface area contributed by atoms with Crippen molar-refractivity contribution in [3.8, 4) is 0 Å². The molecule has 2 heterocycles. The maximum Gasteiger partial charge on any atom is 0.414 e. The van der Waals surface area contributed by atoms with Crippen LogP contribution in [0.25, 0.3) is 0 Å². The molecule has 0 unspecified atom stereocenters. The van der Waals surface area contributed by atoms with Gasteiger partial charge in [-0.3, -0.25) is 4.90 Å². The molecule has 148 valence electrons. The summed E-state index contributed by atoms with van der Waals surface area (Å²) in [5.74, 6) is -0.584. The molecule has 2 aromatic rings. The lowest BCUT2D eigenvalue weighted by Crippen LogP contribution is -2.50. The molecule has 0 aliphatic carbocycles. The van der Waals surface area contributed by atoms with Crippen LogP contribution in [0.15, 0.2) is 47.4 Å². The maximum atomic E-state index is 13.4. The smallest absolute Gasteiger partial charge is 0.414 e. The van der Waals surface area contributed by atoms with E-state index in [0.717, 1.165) is 22.9 Å². The highest BCUT2D eigenvalue weighted by Gasteiger charge is 2.37. The molecule has 0 aromatic heterocycles. The average molecular weight is 404 g/mol. The minimum atomic E-state index is -3.76. The highest BCUT2D eigenvalue weighted by Crippen LogP contribution is 2.33. The molecular weight excluding hydrogens is 383 g/mol. The summed E-state index contributed by atoms with van der Waals surface area (Å²) in [7, 11) is -3.76. The zero-order chi connectivity index (χ0) is 19.9. The molecule has 0 spiro atoms. The van der Waals surface area contributed by atoms with Crippen LogP contribution in [-0.2, 0) is 21.4 Å². The summed E-state index contributed by atoms with van der Waals surface area (Å²) in [6, 6.07) is 10.7. The Kier molecular flexibility index (Phi) is 4.84. The van der Waals surface area contributed by atoms with E-state index in [1.165, 1.54) is 22.5 Å². The Morgan fingerprint density at radius 2 is 1.86 bits per heavy atom. The monoisotopic (exact) mass is 404 g/mol. The molecule has 0 radical (unpaired) electrons. The van der Waals surface area contributed by atoms with Crippen molar-refractivity contribution in [2.24, 2.45) is 0 Å². The van der Waals surface area contributed by atoms with Crippen LogP contribution in [0, 0.1) is 12.7 Å². The number of cyclic esters (lactones) is 1. The lowest BCUT2D eigenvalue weighted by molar-refractivity contribution is 0.135. The van der Waals surface area contributed by atoms with Crippen molar-refractivity contribution < 1.29 is 22.3 Å². The zero-order valence-electron chi connectivity index (χ0n) is 15.5. The van der Waals surface area contributed by atoms with E-state index in [4.69, 9.17) is 4.74 Å². The first-order valence-electron chi connectivity index (χ1n) is 9.17. The van der Waals surface area contributed by atoms with Crippen molar-refractivity contribution in [1.29, 1.82) is 0 Å². The third kappa shape index (κ3) is 3.38. The van der Waals surface area contributed by atoms with Gasteiger partial charge in [-0.05, 0) is 44.0 Å². The van der Waals surface area contributed by atoms with Crippen molar-refractivity contribution in [1.82, 2.24) is 4.31 Å². The number of piperidine rings is 1. The number of ether oxygens (including phenoxy) is 1. The first-order valence-corrected chi connectivity index (χ1v) is 10.6. The van der Waals surface area contributed by atoms with E-state index in [-0.39, 0.29) is 30.6 Å². The predicted octanol–water partition coefficient (Wildman–Crippen LogP) is 3.44. The molecule has 0 atom stereocenters. The molecule has 6 nitrogen and oxygen atoms in total. The Labute approximate surface area is 163 Å². The van der Waals surface area contributed by atoms with E-state index < -0.39 is 21.9 Å². The Hall–Kier alpha value is -2.45. The number of carbonyl (C=O) groups is 1. The second-order valence-corrected chi connectivity index (χ2v) is 9.09. The summed E-state index contributed by atoms with van der Waals surface area (Å²) in [5, 5.41) is 0. The molecule has 0 saturated carbocycles. The molecule has 0 bridgehead atoms. The first kappa shape index (κ1) is 18.9. The number of fused-ring (bicyclic) bond motifs is 1. The minimum absolute atomic E-state index is 0.0517. The molecule has 2 aliphatic rings. The second-order valence-electron chi connectivity index (χ2n) is 7.15. The second kappa shape index (κ2) is 7.18. The predicted molar refractivity (Wildman–Crippen MR) is 102 cm³/mol. The average Bonchev–Trinajstić information content (AvgIpc) is 2.68. The van der Waals surface area contributed by atoms with Gasteiger partial charge in [-0.15, -0.1) is 0 Å². The van der Waals surface area contributed by atoms with E-state index in [1.807, 2.05) is 25.1 Å². The van der Waals surface area contributed by atoms with E-state index in [0.29, 0.717) is 12.8 Å². The van der Waals surface area contributed by atoms with Crippen molar-refractivity contribution in [3.05, 3.63) is 59.4 Å². The van der Waals surface area contributed by atoms with Gasteiger partial charge >= 0.3 is 6.09 Å². The Morgan fingerprint density at radius 3 is 2.57 bits per heavy atom. The van der Waals surface area contributed by atoms with Crippen LogP contribution in [-0.4, -0.2) is 37.9 Å². The van der Waals surface area contributed by atoms with Gasteiger partial charge in [0.05, 0.1) is 10.6 Å². The summed E-state index contributed by atoms with van der Waals surface area (Å²) < 4.78 is 45.7. The standard InChI is InChI=1S/C20H21FN2O4S/c1-14-5-6-19-15(11-14)13-27-20(24)23(19)17-7-9-22(10-8-17)28(25,26)18-4-2-3-16(21)12-18/h2-6,11-12,17H,7-10,13H2,1H3. The van der Waals surface area contributed by atoms with Gasteiger partial charge in [0.25, 0.3) is 0 Å². The van der Waals surface area contributed by atoms with Gasteiger partial charge in [0.1, 0.15) is 12.4 Å². The van der Waals surface area contributed by atoms with E-state index in [2.05, 4.69) is 0 Å². The summed E-state index contributed by atoms with van der Waals surface area (Å²) in [6.45, 7) is 2.75. The summed E-state index contributed by atoms with van der Waals surface area (Å²) in [6.07, 6.45) is 0.566. The minimum Gasteiger partial charge on any atom is -0.444 e. The molecule has 1 fully saturated rings. The number of benzene rings is 2. The highest BCUT2D eigenvalue weighted by molar-refractivity contribution is 7.89. The third-order valence-electron chi connectivity index (χ3n) is 5.26. The largest absolute Gasteiger partial charge is 0.444 e. The van der Waals surface area contributed by atoms with Crippen LogP contribution in [0.4, 0.5) is 14.9 Å². The quantitative estimate of drug-likeness (QED) is 0.786. The van der Waals surface area contributed by atoms with Gasteiger partial charge in [-0.25, -0.2) is 17.6 Å². The van der Waals surface area contributed by atoms with E-state index in [1.54, 1.807) is 4.90 Å².